The van der Waals surface area contributed by atoms with Crippen LogP contribution in [0.5, 0.6) is 0 Å². The second kappa shape index (κ2) is 5.68. The molecule has 5 nitrogen and oxygen atoms in total. The molecule has 3 rings (SSSR count). The van der Waals surface area contributed by atoms with Crippen LogP contribution < -0.4 is 10.5 Å². The van der Waals surface area contributed by atoms with Crippen LogP contribution >= 0.6 is 0 Å². The van der Waals surface area contributed by atoms with Crippen molar-refractivity contribution in [2.45, 2.75) is 38.1 Å². The summed E-state index contributed by atoms with van der Waals surface area (Å²) in [5, 5.41) is 0. The maximum Gasteiger partial charge on any atom is 0.270 e. The number of nitrogens with zero attached hydrogens (tertiary/aromatic N) is 3. The molecule has 5 heteroatoms. The van der Waals surface area contributed by atoms with Crippen LogP contribution in [0.4, 0.5) is 5.82 Å². The highest BCUT2D eigenvalue weighted by atomic mass is 16.1. The van der Waals surface area contributed by atoms with E-state index in [1.807, 2.05) is 18.0 Å². The van der Waals surface area contributed by atoms with Gasteiger partial charge in [0, 0.05) is 19.3 Å². The molecule has 0 N–H and O–H groups in total. The molecule has 110 valence electrons. The number of hydrogen-bond acceptors (Lipinski definition) is 4. The van der Waals surface area contributed by atoms with E-state index >= 15 is 0 Å². The number of rotatable bonds is 3. The predicted molar refractivity (Wildman–Crippen MR) is 82.1 cm³/mol. The molecule has 2 aromatic heterocycles. The topological polar surface area (TPSA) is 54.7 Å². The van der Waals surface area contributed by atoms with Crippen molar-refractivity contribution < 1.29 is 4.79 Å². The summed E-state index contributed by atoms with van der Waals surface area (Å²) >= 11 is 0. The normalized spacial score (nSPS) is 16.0. The standard InChI is InChI=1S/C16H19N3O2/c1-18(12-7-3-2-4-8-12)15-13(11-20)16(21)19-10-6-5-9-14(19)17-15/h5-6,9-12H,2-4,7-8H2,1H3. The monoisotopic (exact) mass is 285 g/mol. The van der Waals surface area contributed by atoms with E-state index in [4.69, 9.17) is 0 Å². The van der Waals surface area contributed by atoms with E-state index in [9.17, 15) is 9.59 Å². The molecule has 0 spiro atoms. The molecule has 21 heavy (non-hydrogen) atoms. The number of hydrogen-bond donors (Lipinski definition) is 0. The number of aromatic nitrogens is 2. The quantitative estimate of drug-likeness (QED) is 0.812. The highest BCUT2D eigenvalue weighted by Crippen LogP contribution is 2.26. The van der Waals surface area contributed by atoms with E-state index in [0.29, 0.717) is 23.8 Å². The number of carbonyl (C=O) groups is 1. The zero-order valence-electron chi connectivity index (χ0n) is 12.2. The van der Waals surface area contributed by atoms with Crippen LogP contribution in [0.3, 0.4) is 0 Å². The lowest BCUT2D eigenvalue weighted by Crippen LogP contribution is -2.36. The summed E-state index contributed by atoms with van der Waals surface area (Å²) in [5.74, 6) is 0.508. The maximum absolute atomic E-state index is 12.4. The number of fused-ring (bicyclic) bond motifs is 1. The number of carbonyl (C=O) groups excluding carboxylic acids is 1. The van der Waals surface area contributed by atoms with Gasteiger partial charge >= 0.3 is 0 Å². The fourth-order valence-electron chi connectivity index (χ4n) is 3.10. The van der Waals surface area contributed by atoms with E-state index in [0.717, 1.165) is 12.8 Å². The summed E-state index contributed by atoms with van der Waals surface area (Å²) in [6, 6.07) is 5.74. The van der Waals surface area contributed by atoms with Gasteiger partial charge in [-0.1, -0.05) is 25.3 Å². The van der Waals surface area contributed by atoms with E-state index in [1.54, 1.807) is 18.3 Å². The molecule has 1 saturated carbocycles. The third kappa shape index (κ3) is 2.44. The first-order chi connectivity index (χ1) is 10.2. The van der Waals surface area contributed by atoms with Crippen LogP contribution in [0.25, 0.3) is 5.65 Å². The van der Waals surface area contributed by atoms with Crippen molar-refractivity contribution in [3.8, 4) is 0 Å². The molecule has 0 aliphatic heterocycles. The second-order valence-electron chi connectivity index (χ2n) is 5.60. The summed E-state index contributed by atoms with van der Waals surface area (Å²) < 4.78 is 1.42. The van der Waals surface area contributed by atoms with Gasteiger partial charge in [-0.15, -0.1) is 0 Å². The van der Waals surface area contributed by atoms with Gasteiger partial charge in [0.05, 0.1) is 0 Å². The van der Waals surface area contributed by atoms with Crippen molar-refractivity contribution >= 4 is 17.8 Å². The first-order valence-electron chi connectivity index (χ1n) is 7.42. The first kappa shape index (κ1) is 13.8. The molecule has 0 bridgehead atoms. The van der Waals surface area contributed by atoms with Crippen molar-refractivity contribution in [2.75, 3.05) is 11.9 Å². The summed E-state index contributed by atoms with van der Waals surface area (Å²) in [6.07, 6.45) is 8.09. The molecule has 1 fully saturated rings. The predicted octanol–water partition coefficient (Wildman–Crippen LogP) is 2.28. The van der Waals surface area contributed by atoms with Gasteiger partial charge in [-0.25, -0.2) is 4.98 Å². The average molecular weight is 285 g/mol. The lowest BCUT2D eigenvalue weighted by Gasteiger charge is -2.32. The Hall–Kier alpha value is -2.17. The molecule has 1 aliphatic carbocycles. The van der Waals surface area contributed by atoms with Crippen molar-refractivity contribution in [3.05, 3.63) is 40.3 Å². The third-order valence-corrected chi connectivity index (χ3v) is 4.32. The molecule has 0 amide bonds. The van der Waals surface area contributed by atoms with E-state index in [2.05, 4.69) is 4.98 Å². The summed E-state index contributed by atoms with van der Waals surface area (Å²) in [4.78, 5) is 30.4. The van der Waals surface area contributed by atoms with Crippen LogP contribution in [0.2, 0.25) is 0 Å². The SMILES string of the molecule is CN(c1nc2ccccn2c(=O)c1C=O)C1CCCCC1. The molecular formula is C16H19N3O2. The largest absolute Gasteiger partial charge is 0.356 e. The van der Waals surface area contributed by atoms with Gasteiger partial charge < -0.3 is 4.90 Å². The highest BCUT2D eigenvalue weighted by Gasteiger charge is 2.23. The Morgan fingerprint density at radius 2 is 2.05 bits per heavy atom. The van der Waals surface area contributed by atoms with Gasteiger partial charge in [-0.05, 0) is 25.0 Å². The van der Waals surface area contributed by atoms with Crippen molar-refractivity contribution in [1.82, 2.24) is 9.38 Å². The maximum atomic E-state index is 12.4. The average Bonchev–Trinajstić information content (AvgIpc) is 2.55. The third-order valence-electron chi connectivity index (χ3n) is 4.32. The molecule has 0 atom stereocenters. The van der Waals surface area contributed by atoms with Crippen molar-refractivity contribution in [2.24, 2.45) is 0 Å². The van der Waals surface area contributed by atoms with Crippen molar-refractivity contribution in [3.63, 3.8) is 0 Å². The lowest BCUT2D eigenvalue weighted by atomic mass is 9.94. The second-order valence-corrected chi connectivity index (χ2v) is 5.60. The van der Waals surface area contributed by atoms with Crippen LogP contribution in [0, 0.1) is 0 Å². The molecule has 1 aliphatic rings. The summed E-state index contributed by atoms with van der Waals surface area (Å²) in [7, 11) is 1.93. The van der Waals surface area contributed by atoms with E-state index in [1.165, 1.54) is 23.7 Å². The van der Waals surface area contributed by atoms with Gasteiger partial charge in [0.2, 0.25) is 0 Å². The fourth-order valence-corrected chi connectivity index (χ4v) is 3.10. The van der Waals surface area contributed by atoms with Crippen LogP contribution in [-0.2, 0) is 0 Å². The Morgan fingerprint density at radius 1 is 1.29 bits per heavy atom. The minimum Gasteiger partial charge on any atom is -0.356 e. The molecular weight excluding hydrogens is 266 g/mol. The Bertz CT molecular complexity index is 717. The minimum absolute atomic E-state index is 0.145. The van der Waals surface area contributed by atoms with Crippen LogP contribution in [0.1, 0.15) is 42.5 Å². The molecule has 0 unspecified atom stereocenters. The molecule has 0 aromatic carbocycles. The highest BCUT2D eigenvalue weighted by molar-refractivity contribution is 5.83. The molecule has 0 radical (unpaired) electrons. The fraction of sp³-hybridized carbons (Fsp3) is 0.438. The first-order valence-corrected chi connectivity index (χ1v) is 7.42. The molecule has 0 saturated heterocycles. The van der Waals surface area contributed by atoms with Gasteiger partial charge in [-0.3, -0.25) is 14.0 Å². The summed E-state index contributed by atoms with van der Waals surface area (Å²) in [6.45, 7) is 0. The van der Waals surface area contributed by atoms with Crippen LogP contribution in [-0.4, -0.2) is 28.8 Å². The van der Waals surface area contributed by atoms with Gasteiger partial charge in [-0.2, -0.15) is 0 Å². The molecule has 2 aromatic rings. The van der Waals surface area contributed by atoms with Gasteiger partial charge in [0.25, 0.3) is 5.56 Å². The number of aldehydes is 1. The Balaban J connectivity index is 2.12. The van der Waals surface area contributed by atoms with E-state index < -0.39 is 0 Å². The zero-order valence-corrected chi connectivity index (χ0v) is 12.2. The Kier molecular flexibility index (Phi) is 3.73. The van der Waals surface area contributed by atoms with E-state index in [-0.39, 0.29) is 11.1 Å². The number of pyridine rings is 1. The zero-order chi connectivity index (χ0) is 14.8. The number of anilines is 1. The smallest absolute Gasteiger partial charge is 0.270 e. The lowest BCUT2D eigenvalue weighted by molar-refractivity contribution is 0.112. The van der Waals surface area contributed by atoms with Crippen molar-refractivity contribution in [1.29, 1.82) is 0 Å². The van der Waals surface area contributed by atoms with Gasteiger partial charge in [0.15, 0.2) is 6.29 Å². The Morgan fingerprint density at radius 3 is 2.76 bits per heavy atom. The van der Waals surface area contributed by atoms with Gasteiger partial charge in [0.1, 0.15) is 17.0 Å². The summed E-state index contributed by atoms with van der Waals surface area (Å²) in [5.41, 5.74) is 0.422. The molecule has 2 heterocycles. The Labute approximate surface area is 123 Å². The van der Waals surface area contributed by atoms with Crippen LogP contribution in [0.15, 0.2) is 29.2 Å². The minimum atomic E-state index is -0.298.